The molecule has 0 bridgehead atoms. The SMILES string of the molecule is CCOCc1csc(C2COCCN2)n1. The molecule has 15 heavy (non-hydrogen) atoms. The summed E-state index contributed by atoms with van der Waals surface area (Å²) in [4.78, 5) is 4.52. The average Bonchev–Trinajstić information content (AvgIpc) is 2.76. The highest BCUT2D eigenvalue weighted by molar-refractivity contribution is 7.09. The predicted molar refractivity (Wildman–Crippen MR) is 59.0 cm³/mol. The van der Waals surface area contributed by atoms with Crippen LogP contribution < -0.4 is 5.32 Å². The highest BCUT2D eigenvalue weighted by Crippen LogP contribution is 2.20. The maximum atomic E-state index is 5.40. The van der Waals surface area contributed by atoms with Crippen molar-refractivity contribution in [2.24, 2.45) is 0 Å². The summed E-state index contributed by atoms with van der Waals surface area (Å²) in [5.74, 6) is 0. The van der Waals surface area contributed by atoms with Crippen LogP contribution in [0.4, 0.5) is 0 Å². The van der Waals surface area contributed by atoms with Crippen molar-refractivity contribution < 1.29 is 9.47 Å². The fourth-order valence-corrected chi connectivity index (χ4v) is 2.34. The Hall–Kier alpha value is -0.490. The molecule has 1 N–H and O–H groups in total. The smallest absolute Gasteiger partial charge is 0.112 e. The molecule has 0 aromatic carbocycles. The molecule has 5 heteroatoms. The van der Waals surface area contributed by atoms with Gasteiger partial charge in [-0.3, -0.25) is 0 Å². The molecule has 1 aliphatic rings. The normalized spacial score (nSPS) is 21.8. The fraction of sp³-hybridized carbons (Fsp3) is 0.700. The molecular weight excluding hydrogens is 212 g/mol. The zero-order chi connectivity index (χ0) is 10.5. The molecule has 1 fully saturated rings. The first-order valence-corrected chi connectivity index (χ1v) is 6.11. The van der Waals surface area contributed by atoms with E-state index in [0.29, 0.717) is 6.61 Å². The molecule has 0 amide bonds. The van der Waals surface area contributed by atoms with Crippen molar-refractivity contribution in [3.8, 4) is 0 Å². The Morgan fingerprint density at radius 2 is 2.67 bits per heavy atom. The lowest BCUT2D eigenvalue weighted by Crippen LogP contribution is -2.34. The number of nitrogens with zero attached hydrogens (tertiary/aromatic N) is 1. The Morgan fingerprint density at radius 1 is 1.73 bits per heavy atom. The Morgan fingerprint density at radius 3 is 3.40 bits per heavy atom. The Balaban J connectivity index is 1.93. The Labute approximate surface area is 93.6 Å². The lowest BCUT2D eigenvalue weighted by Gasteiger charge is -2.21. The molecule has 4 nitrogen and oxygen atoms in total. The molecule has 1 atom stereocenters. The number of morpholine rings is 1. The molecule has 84 valence electrons. The first-order chi connectivity index (χ1) is 7.40. The van der Waals surface area contributed by atoms with Crippen LogP contribution in [-0.4, -0.2) is 31.3 Å². The fourth-order valence-electron chi connectivity index (χ4n) is 1.48. The van der Waals surface area contributed by atoms with Crippen molar-refractivity contribution in [2.45, 2.75) is 19.6 Å². The van der Waals surface area contributed by atoms with Crippen LogP contribution in [0.15, 0.2) is 5.38 Å². The van der Waals surface area contributed by atoms with E-state index >= 15 is 0 Å². The standard InChI is InChI=1S/C10H16N2O2S/c1-2-13-5-8-7-15-10(12-8)9-6-14-4-3-11-9/h7,9,11H,2-6H2,1H3. The van der Waals surface area contributed by atoms with Crippen molar-refractivity contribution in [3.05, 3.63) is 16.1 Å². The van der Waals surface area contributed by atoms with Crippen LogP contribution in [0.5, 0.6) is 0 Å². The molecule has 0 radical (unpaired) electrons. The second-order valence-corrected chi connectivity index (χ2v) is 4.29. The van der Waals surface area contributed by atoms with Crippen LogP contribution in [0.3, 0.4) is 0 Å². The topological polar surface area (TPSA) is 43.4 Å². The number of thiazole rings is 1. The molecule has 1 unspecified atom stereocenters. The van der Waals surface area contributed by atoms with Crippen LogP contribution in [0.2, 0.25) is 0 Å². The lowest BCUT2D eigenvalue weighted by atomic mass is 10.3. The molecule has 1 aliphatic heterocycles. The Bertz CT molecular complexity index is 297. The predicted octanol–water partition coefficient (Wildman–Crippen LogP) is 1.34. The van der Waals surface area contributed by atoms with Crippen molar-refractivity contribution in [1.82, 2.24) is 10.3 Å². The molecule has 0 aliphatic carbocycles. The van der Waals surface area contributed by atoms with E-state index in [1.165, 1.54) is 0 Å². The first kappa shape index (κ1) is 11.0. The Kier molecular flexibility index (Phi) is 4.08. The summed E-state index contributed by atoms with van der Waals surface area (Å²) in [5, 5.41) is 6.55. The highest BCUT2D eigenvalue weighted by Gasteiger charge is 2.18. The molecule has 0 spiro atoms. The molecule has 2 rings (SSSR count). The summed E-state index contributed by atoms with van der Waals surface area (Å²) in [5.41, 5.74) is 1.02. The van der Waals surface area contributed by atoms with Gasteiger partial charge >= 0.3 is 0 Å². The maximum absolute atomic E-state index is 5.40. The number of rotatable bonds is 4. The molecule has 2 heterocycles. The zero-order valence-corrected chi connectivity index (χ0v) is 9.68. The number of hydrogen-bond acceptors (Lipinski definition) is 5. The summed E-state index contributed by atoms with van der Waals surface area (Å²) in [7, 11) is 0. The third kappa shape index (κ3) is 2.98. The third-order valence-electron chi connectivity index (χ3n) is 2.24. The lowest BCUT2D eigenvalue weighted by molar-refractivity contribution is 0.0765. The van der Waals surface area contributed by atoms with Gasteiger partial charge in [0.1, 0.15) is 5.01 Å². The van der Waals surface area contributed by atoms with Crippen LogP contribution in [-0.2, 0) is 16.1 Å². The molecule has 1 aromatic heterocycles. The molecule has 1 saturated heterocycles. The van der Waals surface area contributed by atoms with E-state index in [4.69, 9.17) is 9.47 Å². The number of hydrogen-bond donors (Lipinski definition) is 1. The summed E-state index contributed by atoms with van der Waals surface area (Å²) >= 11 is 1.67. The quantitative estimate of drug-likeness (QED) is 0.844. The van der Waals surface area contributed by atoms with E-state index in [9.17, 15) is 0 Å². The molecule has 1 aromatic rings. The minimum Gasteiger partial charge on any atom is -0.378 e. The number of nitrogens with one attached hydrogen (secondary N) is 1. The van der Waals surface area contributed by atoms with Gasteiger partial charge in [0.25, 0.3) is 0 Å². The monoisotopic (exact) mass is 228 g/mol. The van der Waals surface area contributed by atoms with E-state index in [1.54, 1.807) is 11.3 Å². The van der Waals surface area contributed by atoms with Gasteiger partial charge in [-0.25, -0.2) is 4.98 Å². The average molecular weight is 228 g/mol. The summed E-state index contributed by atoms with van der Waals surface area (Å²) in [6.07, 6.45) is 0. The van der Waals surface area contributed by atoms with Gasteiger partial charge in [0.15, 0.2) is 0 Å². The van der Waals surface area contributed by atoms with E-state index in [1.807, 2.05) is 6.92 Å². The van der Waals surface area contributed by atoms with Gasteiger partial charge in [-0.2, -0.15) is 0 Å². The summed E-state index contributed by atoms with van der Waals surface area (Å²) in [6.45, 7) is 5.77. The van der Waals surface area contributed by atoms with E-state index in [0.717, 1.165) is 37.1 Å². The van der Waals surface area contributed by atoms with Crippen molar-refractivity contribution in [2.75, 3.05) is 26.4 Å². The van der Waals surface area contributed by atoms with Crippen molar-refractivity contribution in [3.63, 3.8) is 0 Å². The van der Waals surface area contributed by atoms with Crippen LogP contribution >= 0.6 is 11.3 Å². The van der Waals surface area contributed by atoms with E-state index < -0.39 is 0 Å². The van der Waals surface area contributed by atoms with E-state index in [-0.39, 0.29) is 6.04 Å². The highest BCUT2D eigenvalue weighted by atomic mass is 32.1. The molecular formula is C10H16N2O2S. The van der Waals surface area contributed by atoms with Gasteiger partial charge in [-0.1, -0.05) is 0 Å². The van der Waals surface area contributed by atoms with Gasteiger partial charge < -0.3 is 14.8 Å². The van der Waals surface area contributed by atoms with Gasteiger partial charge in [0.2, 0.25) is 0 Å². The maximum Gasteiger partial charge on any atom is 0.112 e. The zero-order valence-electron chi connectivity index (χ0n) is 8.86. The van der Waals surface area contributed by atoms with Crippen molar-refractivity contribution in [1.29, 1.82) is 0 Å². The summed E-state index contributed by atoms with van der Waals surface area (Å²) < 4.78 is 10.7. The second kappa shape index (κ2) is 5.55. The minimum atomic E-state index is 0.263. The van der Waals surface area contributed by atoms with Crippen LogP contribution in [0, 0.1) is 0 Å². The third-order valence-corrected chi connectivity index (χ3v) is 3.25. The van der Waals surface area contributed by atoms with Gasteiger partial charge in [-0.15, -0.1) is 11.3 Å². The largest absolute Gasteiger partial charge is 0.378 e. The van der Waals surface area contributed by atoms with Crippen LogP contribution in [0.1, 0.15) is 23.7 Å². The van der Waals surface area contributed by atoms with Crippen LogP contribution in [0.25, 0.3) is 0 Å². The van der Waals surface area contributed by atoms with E-state index in [2.05, 4.69) is 15.7 Å². The summed E-state index contributed by atoms with van der Waals surface area (Å²) in [6, 6.07) is 0.263. The second-order valence-electron chi connectivity index (χ2n) is 3.40. The minimum absolute atomic E-state index is 0.263. The first-order valence-electron chi connectivity index (χ1n) is 5.23. The van der Waals surface area contributed by atoms with Gasteiger partial charge in [-0.05, 0) is 6.92 Å². The number of aromatic nitrogens is 1. The number of ether oxygens (including phenoxy) is 2. The molecule has 0 saturated carbocycles. The van der Waals surface area contributed by atoms with Gasteiger partial charge in [0, 0.05) is 18.5 Å². The van der Waals surface area contributed by atoms with Crippen molar-refractivity contribution >= 4 is 11.3 Å². The van der Waals surface area contributed by atoms with Gasteiger partial charge in [0.05, 0.1) is 31.6 Å².